The highest BCUT2D eigenvalue weighted by Crippen LogP contribution is 2.18. The van der Waals surface area contributed by atoms with E-state index in [4.69, 9.17) is 0 Å². The molecule has 0 bridgehead atoms. The van der Waals surface area contributed by atoms with Crippen LogP contribution < -0.4 is 0 Å². The summed E-state index contributed by atoms with van der Waals surface area (Å²) in [5.41, 5.74) is 1.74. The molecule has 0 unspecified atom stereocenters. The van der Waals surface area contributed by atoms with Gasteiger partial charge >= 0.3 is 0 Å². The Hall–Kier alpha value is -2.62. The fourth-order valence-corrected chi connectivity index (χ4v) is 1.55. The van der Waals surface area contributed by atoms with Crippen molar-refractivity contribution in [2.24, 2.45) is 0 Å². The van der Waals surface area contributed by atoms with E-state index in [1.807, 2.05) is 42.5 Å². The molecule has 0 atom stereocenters. The summed E-state index contributed by atoms with van der Waals surface area (Å²) in [6.45, 7) is 0. The summed E-state index contributed by atoms with van der Waals surface area (Å²) in [5, 5.41) is 10.7. The maximum absolute atomic E-state index is 10.7. The van der Waals surface area contributed by atoms with Crippen LogP contribution in [0, 0.1) is 10.1 Å². The van der Waals surface area contributed by atoms with Gasteiger partial charge in [0.2, 0.25) is 0 Å². The third-order valence-corrected chi connectivity index (χ3v) is 2.43. The summed E-state index contributed by atoms with van der Waals surface area (Å²) in [7, 11) is 0. The Morgan fingerprint density at radius 3 is 2.50 bits per heavy atom. The average molecular weight is 240 g/mol. The SMILES string of the molecule is O=[N+]([O-])c1c[nH]cc1/C=C/C=C/c1ccccc1. The van der Waals surface area contributed by atoms with E-state index in [9.17, 15) is 10.1 Å². The lowest BCUT2D eigenvalue weighted by molar-refractivity contribution is -0.384. The lowest BCUT2D eigenvalue weighted by Crippen LogP contribution is -1.86. The summed E-state index contributed by atoms with van der Waals surface area (Å²) in [5.74, 6) is 0. The van der Waals surface area contributed by atoms with Gasteiger partial charge in [0.25, 0.3) is 5.69 Å². The van der Waals surface area contributed by atoms with Gasteiger partial charge in [-0.25, -0.2) is 0 Å². The van der Waals surface area contributed by atoms with Crippen molar-refractivity contribution in [3.8, 4) is 0 Å². The number of hydrogen-bond acceptors (Lipinski definition) is 2. The lowest BCUT2D eigenvalue weighted by atomic mass is 10.2. The molecule has 1 aromatic carbocycles. The molecule has 0 aliphatic carbocycles. The molecule has 90 valence electrons. The highest BCUT2D eigenvalue weighted by molar-refractivity contribution is 5.62. The summed E-state index contributed by atoms with van der Waals surface area (Å²) >= 11 is 0. The zero-order chi connectivity index (χ0) is 12.8. The van der Waals surface area contributed by atoms with E-state index in [1.54, 1.807) is 18.3 Å². The van der Waals surface area contributed by atoms with E-state index in [1.165, 1.54) is 6.20 Å². The van der Waals surface area contributed by atoms with Crippen molar-refractivity contribution < 1.29 is 4.92 Å². The first-order valence-corrected chi connectivity index (χ1v) is 5.48. The van der Waals surface area contributed by atoms with Crippen molar-refractivity contribution in [1.82, 2.24) is 4.98 Å². The van der Waals surface area contributed by atoms with Crippen LogP contribution in [0.3, 0.4) is 0 Å². The van der Waals surface area contributed by atoms with Crippen LogP contribution in [0.5, 0.6) is 0 Å². The minimum absolute atomic E-state index is 0.0827. The van der Waals surface area contributed by atoms with Crippen molar-refractivity contribution in [2.75, 3.05) is 0 Å². The van der Waals surface area contributed by atoms with E-state index < -0.39 is 4.92 Å². The van der Waals surface area contributed by atoms with Crippen LogP contribution in [0.1, 0.15) is 11.1 Å². The molecule has 1 heterocycles. The molecule has 0 radical (unpaired) electrons. The molecule has 0 aliphatic heterocycles. The molecule has 0 aliphatic rings. The minimum atomic E-state index is -0.406. The van der Waals surface area contributed by atoms with Crippen LogP contribution >= 0.6 is 0 Å². The first-order chi connectivity index (χ1) is 8.77. The van der Waals surface area contributed by atoms with Crippen LogP contribution in [0.2, 0.25) is 0 Å². The predicted molar refractivity (Wildman–Crippen MR) is 72.0 cm³/mol. The lowest BCUT2D eigenvalue weighted by Gasteiger charge is -1.89. The van der Waals surface area contributed by atoms with Gasteiger partial charge in [-0.05, 0) is 11.6 Å². The Morgan fingerprint density at radius 1 is 1.06 bits per heavy atom. The Morgan fingerprint density at radius 2 is 1.78 bits per heavy atom. The van der Waals surface area contributed by atoms with Crippen LogP contribution in [-0.2, 0) is 0 Å². The van der Waals surface area contributed by atoms with Crippen molar-refractivity contribution in [2.45, 2.75) is 0 Å². The standard InChI is InChI=1S/C14H12N2O2/c17-16(18)14-11-15-10-13(14)9-5-4-8-12-6-2-1-3-7-12/h1-11,15H/b8-4+,9-5+. The zero-order valence-corrected chi connectivity index (χ0v) is 9.61. The molecule has 1 N–H and O–H groups in total. The normalized spacial score (nSPS) is 11.3. The number of nitro groups is 1. The average Bonchev–Trinajstić information content (AvgIpc) is 2.84. The monoisotopic (exact) mass is 240 g/mol. The molecule has 1 aromatic heterocycles. The Labute approximate surface area is 104 Å². The molecular formula is C14H12N2O2. The van der Waals surface area contributed by atoms with Gasteiger partial charge in [0.05, 0.1) is 16.7 Å². The van der Waals surface area contributed by atoms with Gasteiger partial charge in [0.1, 0.15) is 0 Å². The number of allylic oxidation sites excluding steroid dienone is 2. The molecule has 4 heteroatoms. The molecular weight excluding hydrogens is 228 g/mol. The van der Waals surface area contributed by atoms with E-state index in [0.29, 0.717) is 5.56 Å². The second kappa shape index (κ2) is 5.63. The fraction of sp³-hybridized carbons (Fsp3) is 0. The molecule has 2 aromatic rings. The quantitative estimate of drug-likeness (QED) is 0.503. The third kappa shape index (κ3) is 2.95. The largest absolute Gasteiger partial charge is 0.361 e. The van der Waals surface area contributed by atoms with E-state index in [2.05, 4.69) is 4.98 Å². The van der Waals surface area contributed by atoms with Crippen molar-refractivity contribution >= 4 is 17.8 Å². The number of hydrogen-bond donors (Lipinski definition) is 1. The number of aromatic amines is 1. The zero-order valence-electron chi connectivity index (χ0n) is 9.61. The number of rotatable bonds is 4. The summed E-state index contributed by atoms with van der Waals surface area (Å²) in [6, 6.07) is 9.85. The second-order valence-electron chi connectivity index (χ2n) is 3.68. The van der Waals surface area contributed by atoms with E-state index in [-0.39, 0.29) is 5.69 Å². The van der Waals surface area contributed by atoms with Gasteiger partial charge in [-0.15, -0.1) is 0 Å². The van der Waals surface area contributed by atoms with Crippen molar-refractivity contribution in [3.05, 3.63) is 76.1 Å². The van der Waals surface area contributed by atoms with E-state index >= 15 is 0 Å². The molecule has 2 rings (SSSR count). The summed E-state index contributed by atoms with van der Waals surface area (Å²) < 4.78 is 0. The van der Waals surface area contributed by atoms with Crippen molar-refractivity contribution in [3.63, 3.8) is 0 Å². The van der Waals surface area contributed by atoms with Gasteiger partial charge < -0.3 is 4.98 Å². The first kappa shape index (κ1) is 11.9. The Bertz CT molecular complexity index is 583. The fourth-order valence-electron chi connectivity index (χ4n) is 1.55. The summed E-state index contributed by atoms with van der Waals surface area (Å²) in [6.07, 6.45) is 10.3. The minimum Gasteiger partial charge on any atom is -0.361 e. The van der Waals surface area contributed by atoms with Crippen molar-refractivity contribution in [1.29, 1.82) is 0 Å². The number of H-pyrrole nitrogens is 1. The smallest absolute Gasteiger partial charge is 0.293 e. The van der Waals surface area contributed by atoms with Gasteiger partial charge in [-0.2, -0.15) is 0 Å². The van der Waals surface area contributed by atoms with Crippen LogP contribution in [0.25, 0.3) is 12.2 Å². The molecule has 18 heavy (non-hydrogen) atoms. The molecule has 0 saturated heterocycles. The first-order valence-electron chi connectivity index (χ1n) is 5.48. The highest BCUT2D eigenvalue weighted by Gasteiger charge is 2.10. The second-order valence-corrected chi connectivity index (χ2v) is 3.68. The molecule has 0 fully saturated rings. The molecule has 0 saturated carbocycles. The van der Waals surface area contributed by atoms with Gasteiger partial charge in [-0.1, -0.05) is 48.6 Å². The number of nitrogens with zero attached hydrogens (tertiary/aromatic N) is 1. The molecule has 0 spiro atoms. The maximum atomic E-state index is 10.7. The van der Waals surface area contributed by atoms with E-state index in [0.717, 1.165) is 5.56 Å². The van der Waals surface area contributed by atoms with Crippen LogP contribution in [-0.4, -0.2) is 9.91 Å². The number of nitrogens with one attached hydrogen (secondary N) is 1. The van der Waals surface area contributed by atoms with Gasteiger partial charge in [0, 0.05) is 6.20 Å². The maximum Gasteiger partial charge on any atom is 0.293 e. The molecule has 0 amide bonds. The van der Waals surface area contributed by atoms with Gasteiger partial charge in [0.15, 0.2) is 0 Å². The van der Waals surface area contributed by atoms with Crippen LogP contribution in [0.4, 0.5) is 5.69 Å². The summed E-state index contributed by atoms with van der Waals surface area (Å²) in [4.78, 5) is 13.0. The molecule has 4 nitrogen and oxygen atoms in total. The topological polar surface area (TPSA) is 58.9 Å². The number of benzene rings is 1. The Balaban J connectivity index is 2.06. The third-order valence-electron chi connectivity index (χ3n) is 2.43. The van der Waals surface area contributed by atoms with Gasteiger partial charge in [-0.3, -0.25) is 10.1 Å². The highest BCUT2D eigenvalue weighted by atomic mass is 16.6. The Kier molecular flexibility index (Phi) is 3.71. The predicted octanol–water partition coefficient (Wildman–Crippen LogP) is 3.65. The van der Waals surface area contributed by atoms with Crippen LogP contribution in [0.15, 0.2) is 54.9 Å². The number of aromatic nitrogens is 1.